The zero-order valence-corrected chi connectivity index (χ0v) is 13.0. The highest BCUT2D eigenvalue weighted by molar-refractivity contribution is 7.90. The van der Waals surface area contributed by atoms with Gasteiger partial charge in [0.15, 0.2) is 16.4 Å². The number of aromatic nitrogens is 1. The summed E-state index contributed by atoms with van der Waals surface area (Å²) in [4.78, 5) is 16.1. The number of carbonyl (C=O) groups excluding carboxylic acids is 1. The minimum atomic E-state index is -3.34. The molecule has 2 rings (SSSR count). The highest BCUT2D eigenvalue weighted by Crippen LogP contribution is 2.21. The Morgan fingerprint density at radius 3 is 2.83 bits per heavy atom. The summed E-state index contributed by atoms with van der Waals surface area (Å²) < 4.78 is 27.9. The number of benzene rings is 1. The van der Waals surface area contributed by atoms with Gasteiger partial charge in [-0.1, -0.05) is 6.07 Å². The minimum absolute atomic E-state index is 0.145. The standard InChI is InChI=1S/C15H13N3O4S/c1-23(20,21)12-5-2-4-11(10-12)18-14-13(6-3-8-17-14)15(19)22-9-7-16/h2-6,8,10H,9H2,1H3,(H,17,18). The van der Waals surface area contributed by atoms with Crippen LogP contribution in [0.1, 0.15) is 10.4 Å². The van der Waals surface area contributed by atoms with Crippen molar-refractivity contribution in [2.75, 3.05) is 18.2 Å². The number of hydrogen-bond donors (Lipinski definition) is 1. The number of sulfone groups is 1. The van der Waals surface area contributed by atoms with Crippen molar-refractivity contribution < 1.29 is 17.9 Å². The molecule has 118 valence electrons. The maximum absolute atomic E-state index is 11.9. The number of anilines is 2. The van der Waals surface area contributed by atoms with E-state index in [1.54, 1.807) is 24.3 Å². The second kappa shape index (κ2) is 6.89. The van der Waals surface area contributed by atoms with E-state index in [1.165, 1.54) is 24.4 Å². The van der Waals surface area contributed by atoms with Crippen LogP contribution in [0.15, 0.2) is 47.5 Å². The molecule has 1 N–H and O–H groups in total. The first-order valence-electron chi connectivity index (χ1n) is 6.48. The number of pyridine rings is 1. The molecular formula is C15H13N3O4S. The fraction of sp³-hybridized carbons (Fsp3) is 0.133. The summed E-state index contributed by atoms with van der Waals surface area (Å²) in [6.45, 7) is -0.364. The Hall–Kier alpha value is -2.92. The van der Waals surface area contributed by atoms with Crippen molar-refractivity contribution in [3.05, 3.63) is 48.2 Å². The molecule has 0 spiro atoms. The lowest BCUT2D eigenvalue weighted by atomic mass is 10.2. The van der Waals surface area contributed by atoms with Gasteiger partial charge in [0.1, 0.15) is 17.5 Å². The highest BCUT2D eigenvalue weighted by atomic mass is 32.2. The average molecular weight is 331 g/mol. The van der Waals surface area contributed by atoms with Crippen molar-refractivity contribution >= 4 is 27.3 Å². The van der Waals surface area contributed by atoms with E-state index >= 15 is 0 Å². The summed E-state index contributed by atoms with van der Waals surface area (Å²) in [6.07, 6.45) is 2.58. The lowest BCUT2D eigenvalue weighted by molar-refractivity contribution is 0.0556. The summed E-state index contributed by atoms with van der Waals surface area (Å²) in [5.41, 5.74) is 0.605. The van der Waals surface area contributed by atoms with Crippen LogP contribution in [0.2, 0.25) is 0 Å². The molecule has 0 atom stereocenters. The van der Waals surface area contributed by atoms with Crippen LogP contribution in [-0.2, 0) is 14.6 Å². The summed E-state index contributed by atoms with van der Waals surface area (Å²) in [7, 11) is -3.34. The molecule has 23 heavy (non-hydrogen) atoms. The first kappa shape index (κ1) is 16.5. The Kier molecular flexibility index (Phi) is 4.93. The van der Waals surface area contributed by atoms with Gasteiger partial charge in [0.05, 0.1) is 4.90 Å². The smallest absolute Gasteiger partial charge is 0.342 e. The minimum Gasteiger partial charge on any atom is -0.447 e. The third kappa shape index (κ3) is 4.28. The molecule has 8 heteroatoms. The fourth-order valence-corrected chi connectivity index (χ4v) is 2.45. The normalized spacial score (nSPS) is 10.6. The largest absolute Gasteiger partial charge is 0.447 e. The molecular weight excluding hydrogens is 318 g/mol. The Morgan fingerprint density at radius 1 is 1.35 bits per heavy atom. The number of nitriles is 1. The van der Waals surface area contributed by atoms with Gasteiger partial charge in [0.2, 0.25) is 0 Å². The molecule has 0 saturated carbocycles. The van der Waals surface area contributed by atoms with Gasteiger partial charge in [-0.2, -0.15) is 5.26 Å². The van der Waals surface area contributed by atoms with Crippen LogP contribution >= 0.6 is 0 Å². The Morgan fingerprint density at radius 2 is 2.13 bits per heavy atom. The number of nitrogens with one attached hydrogen (secondary N) is 1. The summed E-state index contributed by atoms with van der Waals surface area (Å²) in [5, 5.41) is 11.3. The summed E-state index contributed by atoms with van der Waals surface area (Å²) >= 11 is 0. The Balaban J connectivity index is 2.31. The first-order valence-corrected chi connectivity index (χ1v) is 8.37. The van der Waals surface area contributed by atoms with Gasteiger partial charge in [-0.3, -0.25) is 0 Å². The van der Waals surface area contributed by atoms with Crippen molar-refractivity contribution in [3.63, 3.8) is 0 Å². The van der Waals surface area contributed by atoms with Crippen LogP contribution in [0.5, 0.6) is 0 Å². The summed E-state index contributed by atoms with van der Waals surface area (Å²) in [6, 6.07) is 10.9. The molecule has 2 aromatic rings. The maximum Gasteiger partial charge on any atom is 0.342 e. The number of ether oxygens (including phenoxy) is 1. The maximum atomic E-state index is 11.9. The zero-order valence-electron chi connectivity index (χ0n) is 12.2. The topological polar surface area (TPSA) is 109 Å². The van der Waals surface area contributed by atoms with Crippen LogP contribution in [0.3, 0.4) is 0 Å². The van der Waals surface area contributed by atoms with Gasteiger partial charge in [-0.15, -0.1) is 0 Å². The van der Waals surface area contributed by atoms with E-state index in [2.05, 4.69) is 10.3 Å². The first-order chi connectivity index (χ1) is 10.9. The molecule has 1 aromatic carbocycles. The highest BCUT2D eigenvalue weighted by Gasteiger charge is 2.14. The Labute approximate surface area is 133 Å². The molecule has 1 aromatic heterocycles. The molecule has 0 aliphatic rings. The third-order valence-corrected chi connectivity index (χ3v) is 3.93. The van der Waals surface area contributed by atoms with Crippen LogP contribution in [-0.4, -0.2) is 32.2 Å². The van der Waals surface area contributed by atoms with E-state index < -0.39 is 15.8 Å². The van der Waals surface area contributed by atoms with Crippen molar-refractivity contribution in [1.82, 2.24) is 4.98 Å². The molecule has 0 unspecified atom stereocenters. The zero-order chi connectivity index (χ0) is 16.9. The third-order valence-electron chi connectivity index (χ3n) is 2.82. The molecule has 0 amide bonds. The molecule has 7 nitrogen and oxygen atoms in total. The fourth-order valence-electron chi connectivity index (χ4n) is 1.79. The SMILES string of the molecule is CS(=O)(=O)c1cccc(Nc2ncccc2C(=O)OCC#N)c1. The van der Waals surface area contributed by atoms with Gasteiger partial charge in [0.25, 0.3) is 0 Å². The average Bonchev–Trinajstić information content (AvgIpc) is 2.52. The van der Waals surface area contributed by atoms with Crippen LogP contribution in [0.25, 0.3) is 0 Å². The van der Waals surface area contributed by atoms with Gasteiger partial charge in [-0.05, 0) is 30.3 Å². The van der Waals surface area contributed by atoms with E-state index in [0.717, 1.165) is 6.26 Å². The van der Waals surface area contributed by atoms with Crippen molar-refractivity contribution in [2.45, 2.75) is 4.90 Å². The van der Waals surface area contributed by atoms with Gasteiger partial charge >= 0.3 is 5.97 Å². The molecule has 0 bridgehead atoms. The van der Waals surface area contributed by atoms with E-state index in [9.17, 15) is 13.2 Å². The van der Waals surface area contributed by atoms with Gasteiger partial charge in [-0.25, -0.2) is 18.2 Å². The lowest BCUT2D eigenvalue weighted by Gasteiger charge is -2.10. The second-order valence-corrected chi connectivity index (χ2v) is 6.57. The Bertz CT molecular complexity index is 872. The van der Waals surface area contributed by atoms with Crippen LogP contribution in [0.4, 0.5) is 11.5 Å². The molecule has 1 heterocycles. The molecule has 0 aliphatic heterocycles. The van der Waals surface area contributed by atoms with Crippen LogP contribution < -0.4 is 5.32 Å². The van der Waals surface area contributed by atoms with E-state index in [-0.39, 0.29) is 22.9 Å². The molecule has 0 saturated heterocycles. The predicted molar refractivity (Wildman–Crippen MR) is 83.0 cm³/mol. The quantitative estimate of drug-likeness (QED) is 0.833. The predicted octanol–water partition coefficient (Wildman–Crippen LogP) is 1.91. The number of rotatable bonds is 5. The lowest BCUT2D eigenvalue weighted by Crippen LogP contribution is -2.09. The number of esters is 1. The van der Waals surface area contributed by atoms with Crippen molar-refractivity contribution in [3.8, 4) is 6.07 Å². The van der Waals surface area contributed by atoms with E-state index in [4.69, 9.17) is 10.00 Å². The number of carbonyl (C=O) groups is 1. The molecule has 0 fully saturated rings. The van der Waals surface area contributed by atoms with Gasteiger partial charge < -0.3 is 10.1 Å². The monoisotopic (exact) mass is 331 g/mol. The van der Waals surface area contributed by atoms with E-state index in [1.807, 2.05) is 0 Å². The molecule has 0 aliphatic carbocycles. The summed E-state index contributed by atoms with van der Waals surface area (Å²) in [5.74, 6) is -0.484. The number of hydrogen-bond acceptors (Lipinski definition) is 7. The van der Waals surface area contributed by atoms with E-state index in [0.29, 0.717) is 5.69 Å². The molecule has 0 radical (unpaired) electrons. The number of nitrogens with zero attached hydrogens (tertiary/aromatic N) is 2. The van der Waals surface area contributed by atoms with Crippen LogP contribution in [0, 0.1) is 11.3 Å². The van der Waals surface area contributed by atoms with Crippen molar-refractivity contribution in [2.24, 2.45) is 0 Å². The second-order valence-electron chi connectivity index (χ2n) is 4.56. The van der Waals surface area contributed by atoms with Gasteiger partial charge in [0, 0.05) is 18.1 Å². The van der Waals surface area contributed by atoms with Crippen molar-refractivity contribution in [1.29, 1.82) is 5.26 Å².